The number of aliphatic hydroxyl groups excluding tert-OH is 6. The molecule has 3 aliphatic heterocycles. The summed E-state index contributed by atoms with van der Waals surface area (Å²) in [4.78, 5) is 14.1. The maximum Gasteiger partial charge on any atom is 0.219 e. The van der Waals surface area contributed by atoms with Gasteiger partial charge in [0.15, 0.2) is 0 Å². The predicted molar refractivity (Wildman–Crippen MR) is 163 cm³/mol. The number of benzene rings is 2. The quantitative estimate of drug-likeness (QED) is 0.256. The maximum absolute atomic E-state index is 12.2. The van der Waals surface area contributed by atoms with E-state index in [4.69, 9.17) is 9.47 Å². The van der Waals surface area contributed by atoms with Crippen molar-refractivity contribution in [1.82, 2.24) is 4.90 Å². The summed E-state index contributed by atoms with van der Waals surface area (Å²) in [6, 6.07) is 12.0. The molecule has 2 aromatic rings. The second-order valence-corrected chi connectivity index (χ2v) is 12.5. The lowest BCUT2D eigenvalue weighted by Gasteiger charge is -2.40. The fourth-order valence-corrected chi connectivity index (χ4v) is 7.08. The van der Waals surface area contributed by atoms with Gasteiger partial charge in [-0.3, -0.25) is 4.79 Å². The first kappa shape index (κ1) is 31.7. The molecule has 8 atom stereocenters. The van der Waals surface area contributed by atoms with Gasteiger partial charge in [-0.25, -0.2) is 0 Å². The van der Waals surface area contributed by atoms with Crippen molar-refractivity contribution in [3.63, 3.8) is 0 Å². The second kappa shape index (κ2) is 12.8. The highest BCUT2D eigenvalue weighted by molar-refractivity contribution is 5.83. The number of ether oxygens (including phenoxy) is 2. The molecule has 10 nitrogen and oxygen atoms in total. The van der Waals surface area contributed by atoms with Gasteiger partial charge in [0.05, 0.1) is 37.6 Å². The first-order valence-electron chi connectivity index (χ1n) is 15.5. The maximum atomic E-state index is 12.2. The number of likely N-dealkylation sites (tertiary alicyclic amines) is 1. The first-order chi connectivity index (χ1) is 21.6. The van der Waals surface area contributed by atoms with Crippen molar-refractivity contribution in [1.29, 1.82) is 0 Å². The molecule has 4 aliphatic rings. The van der Waals surface area contributed by atoms with Crippen LogP contribution in [0.2, 0.25) is 0 Å². The zero-order chi connectivity index (χ0) is 31.9. The van der Waals surface area contributed by atoms with Crippen molar-refractivity contribution in [3.8, 4) is 34.8 Å². The molecule has 0 bridgehead atoms. The molecule has 0 radical (unpaired) electrons. The summed E-state index contributed by atoms with van der Waals surface area (Å²) < 4.78 is 11.4. The molecule has 1 aliphatic carbocycles. The molecule has 10 heteroatoms. The van der Waals surface area contributed by atoms with Crippen LogP contribution >= 0.6 is 0 Å². The van der Waals surface area contributed by atoms with Crippen LogP contribution in [0.15, 0.2) is 36.4 Å². The average molecular weight is 618 g/mol. The summed E-state index contributed by atoms with van der Waals surface area (Å²) in [5.41, 5.74) is 5.35. The van der Waals surface area contributed by atoms with Crippen LogP contribution in [0.3, 0.4) is 0 Å². The molecular formula is C35H39NO9. The van der Waals surface area contributed by atoms with Crippen molar-refractivity contribution in [2.75, 3.05) is 26.3 Å². The van der Waals surface area contributed by atoms with E-state index >= 15 is 0 Å². The van der Waals surface area contributed by atoms with Crippen LogP contribution in [0.5, 0.6) is 0 Å². The fraction of sp³-hybridized carbons (Fsp3) is 0.514. The van der Waals surface area contributed by atoms with Crippen LogP contribution in [0.4, 0.5) is 0 Å². The van der Waals surface area contributed by atoms with E-state index in [1.807, 2.05) is 29.2 Å². The molecular weight excluding hydrogens is 578 g/mol. The van der Waals surface area contributed by atoms with Crippen LogP contribution in [0.25, 0.3) is 11.1 Å². The zero-order valence-corrected chi connectivity index (χ0v) is 25.1. The van der Waals surface area contributed by atoms with Crippen molar-refractivity contribution in [2.45, 2.75) is 86.9 Å². The smallest absolute Gasteiger partial charge is 0.219 e. The normalized spacial score (nSPS) is 31.7. The van der Waals surface area contributed by atoms with Gasteiger partial charge in [-0.15, -0.1) is 0 Å². The van der Waals surface area contributed by atoms with Gasteiger partial charge in [0.1, 0.15) is 24.4 Å². The molecule has 6 N–H and O–H groups in total. The van der Waals surface area contributed by atoms with Crippen LogP contribution in [0, 0.1) is 23.7 Å². The SMILES string of the molecule is CC(=O)N1CCC2(CC1)c1cc(C#CC3OC(CO)CC(O)C3O)ccc1-c1ccc(C#CC3OC(CO)CC(O)C3O)cc12. The van der Waals surface area contributed by atoms with E-state index in [1.165, 1.54) is 0 Å². The number of carbonyl (C=O) groups excluding carboxylic acids is 1. The third-order valence-corrected chi connectivity index (χ3v) is 9.64. The third kappa shape index (κ3) is 6.01. The van der Waals surface area contributed by atoms with Crippen molar-refractivity contribution >= 4 is 5.91 Å². The lowest BCUT2D eigenvalue weighted by Crippen LogP contribution is -2.48. The van der Waals surface area contributed by atoms with Gasteiger partial charge in [0.25, 0.3) is 0 Å². The van der Waals surface area contributed by atoms with E-state index in [0.717, 1.165) is 22.3 Å². The molecule has 6 rings (SSSR count). The minimum Gasteiger partial charge on any atom is -0.394 e. The van der Waals surface area contributed by atoms with Crippen molar-refractivity contribution in [2.24, 2.45) is 0 Å². The third-order valence-electron chi connectivity index (χ3n) is 9.64. The Kier molecular flexibility index (Phi) is 9.04. The van der Waals surface area contributed by atoms with E-state index < -0.39 is 54.2 Å². The zero-order valence-electron chi connectivity index (χ0n) is 25.1. The Labute approximate surface area is 262 Å². The van der Waals surface area contributed by atoms with Crippen molar-refractivity contribution in [3.05, 3.63) is 58.7 Å². The molecule has 1 amide bonds. The molecule has 2 aromatic carbocycles. The number of fused-ring (bicyclic) bond motifs is 5. The second-order valence-electron chi connectivity index (χ2n) is 12.5. The minimum absolute atomic E-state index is 0.0337. The van der Waals surface area contributed by atoms with Crippen LogP contribution < -0.4 is 0 Å². The number of aliphatic hydroxyl groups is 6. The molecule has 1 spiro atoms. The summed E-state index contributed by atoms with van der Waals surface area (Å²) in [5.74, 6) is 12.1. The molecule has 0 saturated carbocycles. The Morgan fingerprint density at radius 1 is 0.800 bits per heavy atom. The largest absolute Gasteiger partial charge is 0.394 e. The molecule has 238 valence electrons. The predicted octanol–water partition coefficient (Wildman–Crippen LogP) is 0.0416. The number of hydrogen-bond acceptors (Lipinski definition) is 9. The van der Waals surface area contributed by atoms with Gasteiger partial charge in [-0.2, -0.15) is 0 Å². The Hall–Kier alpha value is -3.29. The lowest BCUT2D eigenvalue weighted by molar-refractivity contribution is -0.157. The Morgan fingerprint density at radius 2 is 1.24 bits per heavy atom. The molecule has 0 aromatic heterocycles. The van der Waals surface area contributed by atoms with Gasteiger partial charge < -0.3 is 45.0 Å². The van der Waals surface area contributed by atoms with Gasteiger partial charge in [-0.1, -0.05) is 35.8 Å². The topological polar surface area (TPSA) is 160 Å². The van der Waals surface area contributed by atoms with Gasteiger partial charge in [-0.05, 0) is 59.4 Å². The molecule has 45 heavy (non-hydrogen) atoms. The summed E-state index contributed by atoms with van der Waals surface area (Å²) >= 11 is 0. The standard InChI is InChI=1S/C35H39NO9/c1-20(39)36-12-10-35(11-13-36)27-14-21(4-8-31-33(42)29(40)16-23(18-37)44-31)2-6-25(27)26-7-3-22(15-28(26)35)5-9-32-34(43)30(41)17-24(19-38)45-32/h2-3,6-7,14-15,23-24,29-34,37-38,40-43H,10-13,16-19H2,1H3. The van der Waals surface area contributed by atoms with Crippen LogP contribution in [-0.2, 0) is 19.7 Å². The minimum atomic E-state index is -1.18. The van der Waals surface area contributed by atoms with E-state index in [2.05, 4.69) is 35.8 Å². The van der Waals surface area contributed by atoms with E-state index in [-0.39, 0.29) is 32.0 Å². The van der Waals surface area contributed by atoms with Crippen molar-refractivity contribution < 1.29 is 44.9 Å². The Bertz CT molecular complexity index is 1460. The molecule has 3 fully saturated rings. The molecule has 8 unspecified atom stereocenters. The monoisotopic (exact) mass is 617 g/mol. The van der Waals surface area contributed by atoms with Crippen LogP contribution in [0.1, 0.15) is 54.9 Å². The fourth-order valence-electron chi connectivity index (χ4n) is 7.08. The Morgan fingerprint density at radius 3 is 1.64 bits per heavy atom. The van der Waals surface area contributed by atoms with Crippen LogP contribution in [-0.4, -0.2) is 117 Å². The Balaban J connectivity index is 1.34. The number of nitrogens with zero attached hydrogens (tertiary/aromatic N) is 1. The number of carbonyl (C=O) groups is 1. The summed E-state index contributed by atoms with van der Waals surface area (Å²) in [7, 11) is 0. The van der Waals surface area contributed by atoms with Gasteiger partial charge in [0, 0.05) is 49.4 Å². The highest BCUT2D eigenvalue weighted by Gasteiger charge is 2.46. The summed E-state index contributed by atoms with van der Waals surface area (Å²) in [6.07, 6.45) is -5.84. The van der Waals surface area contributed by atoms with E-state index in [9.17, 15) is 35.4 Å². The number of hydrogen-bond donors (Lipinski definition) is 6. The number of rotatable bonds is 2. The highest BCUT2D eigenvalue weighted by atomic mass is 16.5. The summed E-state index contributed by atoms with van der Waals surface area (Å²) in [5, 5.41) is 60.3. The van der Waals surface area contributed by atoms with Gasteiger partial charge >= 0.3 is 0 Å². The first-order valence-corrected chi connectivity index (χ1v) is 15.5. The van der Waals surface area contributed by atoms with E-state index in [1.54, 1.807) is 6.92 Å². The summed E-state index contributed by atoms with van der Waals surface area (Å²) in [6.45, 7) is 2.21. The average Bonchev–Trinajstić information content (AvgIpc) is 3.30. The lowest BCUT2D eigenvalue weighted by atomic mass is 9.70. The molecule has 3 saturated heterocycles. The molecule has 3 heterocycles. The number of piperidine rings is 1. The van der Waals surface area contributed by atoms with Gasteiger partial charge in [0.2, 0.25) is 5.91 Å². The van der Waals surface area contributed by atoms with E-state index in [0.29, 0.717) is 37.1 Å². The number of amides is 1. The highest BCUT2D eigenvalue weighted by Crippen LogP contribution is 2.54.